The van der Waals surface area contributed by atoms with Crippen LogP contribution in [0, 0.1) is 23.7 Å². The molecular weight excluding hydrogens is 686 g/mol. The molecule has 4 amide bonds. The van der Waals surface area contributed by atoms with Gasteiger partial charge in [0.2, 0.25) is 17.7 Å². The zero-order chi connectivity index (χ0) is 39.2. The van der Waals surface area contributed by atoms with Crippen molar-refractivity contribution in [1.29, 1.82) is 0 Å². The molecule has 1 saturated carbocycles. The Morgan fingerprint density at radius 2 is 1.48 bits per heavy atom. The second kappa shape index (κ2) is 20.8. The van der Waals surface area contributed by atoms with Crippen LogP contribution in [0.2, 0.25) is 0 Å². The van der Waals surface area contributed by atoms with Crippen molar-refractivity contribution in [2.45, 2.75) is 116 Å². The first-order valence-corrected chi connectivity index (χ1v) is 19.4. The normalized spacial score (nSPS) is 16.8. The van der Waals surface area contributed by atoms with Crippen LogP contribution in [0.5, 0.6) is 5.75 Å². The SMILES string of the molecule is CC(C)[C@H](C[C@H](O)[C@H](CC1CCCCC1)NC(=O)[C@@H](NC(=O)COc1cccc2ccccc12)C(C)C)C(=O)N[C@H](C(=O)NCc1ccccn1)[C@@H](C)O. The van der Waals surface area contributed by atoms with Crippen LogP contribution in [0.15, 0.2) is 66.9 Å². The summed E-state index contributed by atoms with van der Waals surface area (Å²) in [6.45, 7) is 8.67. The third-order valence-electron chi connectivity index (χ3n) is 10.3. The molecule has 0 unspecified atom stereocenters. The molecule has 0 aliphatic heterocycles. The number of hydrogen-bond donors (Lipinski definition) is 6. The van der Waals surface area contributed by atoms with Gasteiger partial charge in [-0.2, -0.15) is 0 Å². The molecule has 1 heterocycles. The van der Waals surface area contributed by atoms with E-state index in [4.69, 9.17) is 4.74 Å². The number of aromatic nitrogens is 1. The number of nitrogens with one attached hydrogen (secondary N) is 4. The van der Waals surface area contributed by atoms with Crippen molar-refractivity contribution in [1.82, 2.24) is 26.3 Å². The number of rotatable bonds is 19. The number of amides is 4. The zero-order valence-corrected chi connectivity index (χ0v) is 32.3. The lowest BCUT2D eigenvalue weighted by atomic mass is 9.81. The van der Waals surface area contributed by atoms with Crippen molar-refractivity contribution < 1.29 is 34.1 Å². The van der Waals surface area contributed by atoms with E-state index in [-0.39, 0.29) is 37.3 Å². The fraction of sp³-hybridized carbons (Fsp3) is 0.548. The van der Waals surface area contributed by atoms with Crippen LogP contribution >= 0.6 is 0 Å². The Hall–Kier alpha value is -4.55. The van der Waals surface area contributed by atoms with Gasteiger partial charge in [0.1, 0.15) is 17.8 Å². The lowest BCUT2D eigenvalue weighted by Crippen LogP contribution is -2.56. The first-order chi connectivity index (χ1) is 25.8. The van der Waals surface area contributed by atoms with Crippen LogP contribution in [0.1, 0.15) is 85.3 Å². The third kappa shape index (κ3) is 12.5. The van der Waals surface area contributed by atoms with Crippen LogP contribution in [-0.2, 0) is 25.7 Å². The van der Waals surface area contributed by atoms with Gasteiger partial charge in [0.25, 0.3) is 5.91 Å². The summed E-state index contributed by atoms with van der Waals surface area (Å²) in [5.41, 5.74) is 0.629. The summed E-state index contributed by atoms with van der Waals surface area (Å²) in [7, 11) is 0. The third-order valence-corrected chi connectivity index (χ3v) is 10.3. The molecule has 0 radical (unpaired) electrons. The van der Waals surface area contributed by atoms with E-state index in [1.807, 2.05) is 64.1 Å². The predicted molar refractivity (Wildman–Crippen MR) is 208 cm³/mol. The number of carbonyl (C=O) groups excluding carboxylic acids is 4. The van der Waals surface area contributed by atoms with Crippen molar-refractivity contribution in [2.24, 2.45) is 23.7 Å². The minimum Gasteiger partial charge on any atom is -0.483 e. The average Bonchev–Trinajstić information content (AvgIpc) is 3.16. The number of aliphatic hydroxyl groups excluding tert-OH is 2. The highest BCUT2D eigenvalue weighted by atomic mass is 16.5. The summed E-state index contributed by atoms with van der Waals surface area (Å²) >= 11 is 0. The first-order valence-electron chi connectivity index (χ1n) is 19.4. The molecule has 1 aliphatic rings. The second-order valence-electron chi connectivity index (χ2n) is 15.3. The van der Waals surface area contributed by atoms with Gasteiger partial charge in [-0.15, -0.1) is 0 Å². The second-order valence-corrected chi connectivity index (χ2v) is 15.3. The van der Waals surface area contributed by atoms with E-state index in [0.29, 0.717) is 17.9 Å². The Morgan fingerprint density at radius 3 is 2.15 bits per heavy atom. The van der Waals surface area contributed by atoms with Crippen LogP contribution in [0.3, 0.4) is 0 Å². The minimum absolute atomic E-state index is 0.0147. The van der Waals surface area contributed by atoms with Crippen LogP contribution in [0.25, 0.3) is 10.8 Å². The van der Waals surface area contributed by atoms with Crippen molar-refractivity contribution in [3.8, 4) is 5.75 Å². The molecular formula is C42H59N5O7. The van der Waals surface area contributed by atoms with Gasteiger partial charge in [-0.1, -0.05) is 102 Å². The maximum atomic E-state index is 13.9. The van der Waals surface area contributed by atoms with Crippen molar-refractivity contribution in [3.05, 3.63) is 72.6 Å². The highest BCUT2D eigenvalue weighted by molar-refractivity contribution is 5.91. The van der Waals surface area contributed by atoms with E-state index in [0.717, 1.165) is 42.9 Å². The largest absolute Gasteiger partial charge is 0.483 e. The molecule has 294 valence electrons. The van der Waals surface area contributed by atoms with E-state index in [9.17, 15) is 29.4 Å². The van der Waals surface area contributed by atoms with Crippen LogP contribution in [0.4, 0.5) is 0 Å². The maximum Gasteiger partial charge on any atom is 0.258 e. The van der Waals surface area contributed by atoms with E-state index >= 15 is 0 Å². The number of aliphatic hydroxyl groups is 2. The number of benzene rings is 2. The Bertz CT molecular complexity index is 1660. The van der Waals surface area contributed by atoms with E-state index < -0.39 is 59.9 Å². The zero-order valence-electron chi connectivity index (χ0n) is 32.3. The molecule has 6 N–H and O–H groups in total. The minimum atomic E-state index is -1.22. The van der Waals surface area contributed by atoms with Gasteiger partial charge >= 0.3 is 0 Å². The van der Waals surface area contributed by atoms with Crippen molar-refractivity contribution in [3.63, 3.8) is 0 Å². The topological polar surface area (TPSA) is 179 Å². The molecule has 1 aliphatic carbocycles. The van der Waals surface area contributed by atoms with Crippen molar-refractivity contribution >= 4 is 34.4 Å². The molecule has 1 fully saturated rings. The molecule has 0 spiro atoms. The molecule has 54 heavy (non-hydrogen) atoms. The fourth-order valence-electron chi connectivity index (χ4n) is 7.14. The van der Waals surface area contributed by atoms with Gasteiger partial charge in [0.15, 0.2) is 6.61 Å². The molecule has 1 aromatic heterocycles. The average molecular weight is 746 g/mol. The Balaban J connectivity index is 1.43. The number of hydrogen-bond acceptors (Lipinski definition) is 8. The Labute approximate surface area is 319 Å². The number of nitrogens with zero attached hydrogens (tertiary/aromatic N) is 1. The van der Waals surface area contributed by atoms with Gasteiger partial charge in [0.05, 0.1) is 30.5 Å². The van der Waals surface area contributed by atoms with E-state index in [1.165, 1.54) is 6.92 Å². The quantitative estimate of drug-likeness (QED) is 0.104. The van der Waals surface area contributed by atoms with Gasteiger partial charge in [-0.3, -0.25) is 24.2 Å². The number of pyridine rings is 1. The van der Waals surface area contributed by atoms with Crippen molar-refractivity contribution in [2.75, 3.05) is 6.61 Å². The fourth-order valence-corrected chi connectivity index (χ4v) is 7.14. The summed E-state index contributed by atoms with van der Waals surface area (Å²) < 4.78 is 5.88. The first kappa shape index (κ1) is 42.2. The van der Waals surface area contributed by atoms with E-state index in [2.05, 4.69) is 26.3 Å². The van der Waals surface area contributed by atoms with Crippen LogP contribution < -0.4 is 26.0 Å². The number of ether oxygens (including phenoxy) is 1. The lowest BCUT2D eigenvalue weighted by molar-refractivity contribution is -0.135. The molecule has 2 aromatic carbocycles. The Kier molecular flexibility index (Phi) is 16.2. The van der Waals surface area contributed by atoms with Gasteiger partial charge in [0, 0.05) is 17.5 Å². The molecule has 4 rings (SSSR count). The van der Waals surface area contributed by atoms with Crippen LogP contribution in [-0.4, -0.2) is 75.8 Å². The molecule has 12 nitrogen and oxygen atoms in total. The monoisotopic (exact) mass is 745 g/mol. The molecule has 0 bridgehead atoms. The van der Waals surface area contributed by atoms with Gasteiger partial charge in [-0.05, 0) is 61.1 Å². The summed E-state index contributed by atoms with van der Waals surface area (Å²) in [4.78, 5) is 58.0. The Morgan fingerprint density at radius 1 is 0.778 bits per heavy atom. The summed E-state index contributed by atoms with van der Waals surface area (Å²) in [6.07, 6.45) is 5.11. The van der Waals surface area contributed by atoms with Gasteiger partial charge < -0.3 is 36.2 Å². The lowest BCUT2D eigenvalue weighted by Gasteiger charge is -2.34. The predicted octanol–water partition coefficient (Wildman–Crippen LogP) is 4.41. The molecule has 3 aromatic rings. The standard InChI is InChI=1S/C42H59N5O7/c1-26(2)33(40(51)47-39(28(5)48)41(52)44-24-31-18-11-12-21-43-31)23-35(49)34(22-29-14-7-6-8-15-29)45-42(53)38(27(3)4)46-37(50)25-54-36-20-13-17-30-16-9-10-19-32(30)36/h9-13,16-21,26-29,33-35,38-39,48-49H,6-8,14-15,22-25H2,1-5H3,(H,44,52)(H,45,53)(H,46,50)(H,47,51)/t28-,33+,34+,35+,38+,39+/m1/s1. The van der Waals surface area contributed by atoms with Gasteiger partial charge in [-0.25, -0.2) is 0 Å². The summed E-state index contributed by atoms with van der Waals surface area (Å²) in [5.74, 6) is -2.30. The molecule has 0 saturated heterocycles. The maximum absolute atomic E-state index is 13.9. The van der Waals surface area contributed by atoms with E-state index in [1.54, 1.807) is 30.5 Å². The smallest absolute Gasteiger partial charge is 0.258 e. The number of carbonyl (C=O) groups is 4. The molecule has 6 atom stereocenters. The highest BCUT2D eigenvalue weighted by Gasteiger charge is 2.36. The summed E-state index contributed by atoms with van der Waals surface area (Å²) in [6, 6.07) is 15.9. The number of fused-ring (bicyclic) bond motifs is 1. The molecule has 12 heteroatoms. The summed E-state index contributed by atoms with van der Waals surface area (Å²) in [5, 5.41) is 35.4. The highest BCUT2D eigenvalue weighted by Crippen LogP contribution is 2.30.